The van der Waals surface area contributed by atoms with Crippen molar-refractivity contribution in [2.45, 2.75) is 20.5 Å². The van der Waals surface area contributed by atoms with Crippen LogP contribution in [-0.2, 0) is 11.3 Å². The standard InChI is InChI=1S/C27H26O7/c1-17-5-7-19(8-6-17)23(29)16-34-27(30)21-11-12-24(26(14-21)32-4)33-15-22-10-9-20(18(2)28)13-25(22)31-3/h5-14H,15-16H2,1-4H3. The van der Waals surface area contributed by atoms with Crippen molar-refractivity contribution in [3.8, 4) is 17.2 Å². The first-order valence-corrected chi connectivity index (χ1v) is 10.6. The lowest BCUT2D eigenvalue weighted by Crippen LogP contribution is -2.14. The number of Topliss-reactive ketones (excluding diaryl/α,β-unsaturated/α-hetero) is 2. The van der Waals surface area contributed by atoms with E-state index in [-0.39, 0.29) is 30.3 Å². The Morgan fingerprint density at radius 2 is 1.35 bits per heavy atom. The minimum atomic E-state index is -0.646. The highest BCUT2D eigenvalue weighted by molar-refractivity contribution is 5.99. The lowest BCUT2D eigenvalue weighted by atomic mass is 10.1. The monoisotopic (exact) mass is 462 g/mol. The van der Waals surface area contributed by atoms with Gasteiger partial charge in [-0.05, 0) is 38.1 Å². The maximum absolute atomic E-state index is 12.4. The van der Waals surface area contributed by atoms with Gasteiger partial charge >= 0.3 is 5.97 Å². The molecule has 0 aliphatic rings. The summed E-state index contributed by atoms with van der Waals surface area (Å²) in [6.45, 7) is 3.21. The van der Waals surface area contributed by atoms with Crippen molar-refractivity contribution in [1.82, 2.24) is 0 Å². The lowest BCUT2D eigenvalue weighted by molar-refractivity contribution is 0.0474. The zero-order valence-electron chi connectivity index (χ0n) is 19.5. The van der Waals surface area contributed by atoms with Gasteiger partial charge in [0.15, 0.2) is 29.7 Å². The number of ether oxygens (including phenoxy) is 4. The molecule has 0 radical (unpaired) electrons. The summed E-state index contributed by atoms with van der Waals surface area (Å²) in [6, 6.07) is 16.8. The number of carbonyl (C=O) groups is 3. The highest BCUT2D eigenvalue weighted by atomic mass is 16.5. The Morgan fingerprint density at radius 3 is 2.00 bits per heavy atom. The van der Waals surface area contributed by atoms with Gasteiger partial charge in [-0.1, -0.05) is 42.0 Å². The second-order valence-corrected chi connectivity index (χ2v) is 7.60. The fraction of sp³-hybridized carbons (Fsp3) is 0.222. The minimum absolute atomic E-state index is 0.0597. The maximum atomic E-state index is 12.4. The van der Waals surface area contributed by atoms with Gasteiger partial charge in [-0.2, -0.15) is 0 Å². The first-order valence-electron chi connectivity index (χ1n) is 10.6. The molecule has 0 saturated carbocycles. The summed E-state index contributed by atoms with van der Waals surface area (Å²) in [5, 5.41) is 0. The zero-order valence-corrected chi connectivity index (χ0v) is 19.5. The van der Waals surface area contributed by atoms with Crippen molar-refractivity contribution >= 4 is 17.5 Å². The predicted octanol–water partition coefficient (Wildman–Crippen LogP) is 4.83. The van der Waals surface area contributed by atoms with Crippen molar-refractivity contribution in [3.63, 3.8) is 0 Å². The molecule has 0 aliphatic heterocycles. The Kier molecular flexibility index (Phi) is 8.03. The van der Waals surface area contributed by atoms with Crippen LogP contribution in [0.15, 0.2) is 60.7 Å². The number of hydrogen-bond acceptors (Lipinski definition) is 7. The Labute approximate surface area is 198 Å². The minimum Gasteiger partial charge on any atom is -0.496 e. The zero-order chi connectivity index (χ0) is 24.7. The largest absolute Gasteiger partial charge is 0.496 e. The lowest BCUT2D eigenvalue weighted by Gasteiger charge is -2.14. The maximum Gasteiger partial charge on any atom is 0.338 e. The molecule has 0 bridgehead atoms. The van der Waals surface area contributed by atoms with Crippen LogP contribution < -0.4 is 14.2 Å². The fourth-order valence-electron chi connectivity index (χ4n) is 3.19. The molecule has 0 heterocycles. The Morgan fingerprint density at radius 1 is 0.735 bits per heavy atom. The normalized spacial score (nSPS) is 10.4. The molecule has 3 aromatic rings. The van der Waals surface area contributed by atoms with Gasteiger partial charge < -0.3 is 18.9 Å². The van der Waals surface area contributed by atoms with Crippen LogP contribution in [0.25, 0.3) is 0 Å². The van der Waals surface area contributed by atoms with E-state index >= 15 is 0 Å². The van der Waals surface area contributed by atoms with Crippen molar-refractivity contribution in [3.05, 3.63) is 88.5 Å². The summed E-state index contributed by atoms with van der Waals surface area (Å²) < 4.78 is 21.8. The van der Waals surface area contributed by atoms with Crippen LogP contribution in [0.2, 0.25) is 0 Å². The number of rotatable bonds is 10. The van der Waals surface area contributed by atoms with Gasteiger partial charge in [0.25, 0.3) is 0 Å². The van der Waals surface area contributed by atoms with E-state index in [1.54, 1.807) is 36.4 Å². The van der Waals surface area contributed by atoms with Gasteiger partial charge in [0.2, 0.25) is 0 Å². The third-order valence-corrected chi connectivity index (χ3v) is 5.18. The van der Waals surface area contributed by atoms with Gasteiger partial charge in [-0.15, -0.1) is 0 Å². The topological polar surface area (TPSA) is 88.1 Å². The first-order chi connectivity index (χ1) is 16.3. The summed E-state index contributed by atoms with van der Waals surface area (Å²) in [7, 11) is 2.98. The third kappa shape index (κ3) is 6.01. The van der Waals surface area contributed by atoms with E-state index in [4.69, 9.17) is 18.9 Å². The number of carbonyl (C=O) groups excluding carboxylic acids is 3. The van der Waals surface area contributed by atoms with Crippen LogP contribution in [0.1, 0.15) is 49.1 Å². The quantitative estimate of drug-likeness (QED) is 0.315. The molecule has 3 aromatic carbocycles. The van der Waals surface area contributed by atoms with Gasteiger partial charge in [0.05, 0.1) is 19.8 Å². The number of methoxy groups -OCH3 is 2. The van der Waals surface area contributed by atoms with Crippen molar-refractivity contribution < 1.29 is 33.3 Å². The molecule has 0 aliphatic carbocycles. The van der Waals surface area contributed by atoms with Crippen LogP contribution in [-0.4, -0.2) is 38.4 Å². The molecule has 176 valence electrons. The molecule has 0 N–H and O–H groups in total. The van der Waals surface area contributed by atoms with E-state index in [0.29, 0.717) is 28.4 Å². The molecule has 0 spiro atoms. The van der Waals surface area contributed by atoms with Gasteiger partial charge in [0, 0.05) is 16.7 Å². The summed E-state index contributed by atoms with van der Waals surface area (Å²) >= 11 is 0. The smallest absolute Gasteiger partial charge is 0.338 e. The molecule has 0 atom stereocenters. The van der Waals surface area contributed by atoms with Crippen LogP contribution in [0, 0.1) is 6.92 Å². The summed E-state index contributed by atoms with van der Waals surface area (Å²) in [4.78, 5) is 36.3. The molecule has 0 unspecified atom stereocenters. The van der Waals surface area contributed by atoms with E-state index < -0.39 is 5.97 Å². The predicted molar refractivity (Wildman–Crippen MR) is 126 cm³/mol. The van der Waals surface area contributed by atoms with Crippen LogP contribution in [0.4, 0.5) is 0 Å². The second-order valence-electron chi connectivity index (χ2n) is 7.60. The Bertz CT molecular complexity index is 1200. The second kappa shape index (κ2) is 11.1. The van der Waals surface area contributed by atoms with Gasteiger partial charge in [-0.25, -0.2) is 4.79 Å². The van der Waals surface area contributed by atoms with Crippen LogP contribution >= 0.6 is 0 Å². The number of hydrogen-bond donors (Lipinski definition) is 0. The summed E-state index contributed by atoms with van der Waals surface area (Å²) in [5.74, 6) is 0.281. The Balaban J connectivity index is 1.66. The molecule has 0 amide bonds. The van der Waals surface area contributed by atoms with E-state index in [9.17, 15) is 14.4 Å². The molecule has 0 fully saturated rings. The average Bonchev–Trinajstić information content (AvgIpc) is 2.85. The first kappa shape index (κ1) is 24.5. The molecule has 7 nitrogen and oxygen atoms in total. The SMILES string of the molecule is COc1cc(C(C)=O)ccc1COc1ccc(C(=O)OCC(=O)c2ccc(C)cc2)cc1OC. The van der Waals surface area contributed by atoms with E-state index in [2.05, 4.69) is 0 Å². The number of esters is 1. The average molecular weight is 462 g/mol. The number of benzene rings is 3. The van der Waals surface area contributed by atoms with Crippen molar-refractivity contribution in [2.24, 2.45) is 0 Å². The van der Waals surface area contributed by atoms with Crippen LogP contribution in [0.3, 0.4) is 0 Å². The summed E-state index contributed by atoms with van der Waals surface area (Å²) in [6.07, 6.45) is 0. The molecule has 0 saturated heterocycles. The van der Waals surface area contributed by atoms with E-state index in [0.717, 1.165) is 11.1 Å². The molecule has 3 rings (SSSR count). The highest BCUT2D eigenvalue weighted by Crippen LogP contribution is 2.30. The number of ketones is 2. The van der Waals surface area contributed by atoms with Crippen LogP contribution in [0.5, 0.6) is 17.2 Å². The van der Waals surface area contributed by atoms with E-state index in [1.807, 2.05) is 19.1 Å². The molecular weight excluding hydrogens is 436 g/mol. The van der Waals surface area contributed by atoms with E-state index in [1.165, 1.54) is 33.3 Å². The highest BCUT2D eigenvalue weighted by Gasteiger charge is 2.16. The fourth-order valence-corrected chi connectivity index (χ4v) is 3.19. The van der Waals surface area contributed by atoms with Gasteiger partial charge in [-0.3, -0.25) is 9.59 Å². The molecular formula is C27H26O7. The van der Waals surface area contributed by atoms with Crippen molar-refractivity contribution in [2.75, 3.05) is 20.8 Å². The molecule has 0 aromatic heterocycles. The molecule has 7 heteroatoms. The Hall–Kier alpha value is -4.13. The summed E-state index contributed by atoms with van der Waals surface area (Å²) in [5.41, 5.74) is 3.03. The van der Waals surface area contributed by atoms with Gasteiger partial charge in [0.1, 0.15) is 12.4 Å². The molecule has 34 heavy (non-hydrogen) atoms. The van der Waals surface area contributed by atoms with Crippen molar-refractivity contribution in [1.29, 1.82) is 0 Å². The number of aryl methyl sites for hydroxylation is 1. The third-order valence-electron chi connectivity index (χ3n) is 5.18.